The lowest BCUT2D eigenvalue weighted by Crippen LogP contribution is -2.68. The third-order valence-electron chi connectivity index (χ3n) is 13.4. The average Bonchev–Trinajstić information content (AvgIpc) is 3.58. The third kappa shape index (κ3) is 2.29. The van der Waals surface area contributed by atoms with Crippen LogP contribution >= 0.6 is 0 Å². The normalized spacial score (nSPS) is 61.3. The number of aliphatic hydroxyl groups is 3. The zero-order chi connectivity index (χ0) is 30.8. The van der Waals surface area contributed by atoms with Gasteiger partial charge in [-0.1, -0.05) is 12.2 Å². The maximum absolute atomic E-state index is 12.4. The highest BCUT2D eigenvalue weighted by molar-refractivity contribution is 5.92. The lowest BCUT2D eigenvalue weighted by atomic mass is 9.52. The van der Waals surface area contributed by atoms with Crippen LogP contribution in [0.3, 0.4) is 0 Å². The van der Waals surface area contributed by atoms with Gasteiger partial charge in [0.25, 0.3) is 0 Å². The second-order valence-electron chi connectivity index (χ2n) is 15.3. The number of esters is 4. The Morgan fingerprint density at radius 1 is 0.791 bits per heavy atom. The van der Waals surface area contributed by atoms with Crippen LogP contribution in [0, 0.1) is 34.5 Å². The molecule has 0 aromatic carbocycles. The summed E-state index contributed by atoms with van der Waals surface area (Å²) in [5, 5.41) is 33.3. The van der Waals surface area contributed by atoms with Gasteiger partial charge >= 0.3 is 23.9 Å². The van der Waals surface area contributed by atoms with Gasteiger partial charge in [0.1, 0.15) is 24.4 Å². The Bertz CT molecular complexity index is 1500. The van der Waals surface area contributed by atoms with E-state index in [1.807, 2.05) is 6.92 Å². The molecule has 10 aliphatic rings. The molecule has 4 saturated carbocycles. The Morgan fingerprint density at radius 3 is 1.72 bits per heavy atom. The van der Waals surface area contributed by atoms with Crippen LogP contribution in [0.2, 0.25) is 0 Å². The van der Waals surface area contributed by atoms with Gasteiger partial charge in [-0.15, -0.1) is 0 Å². The van der Waals surface area contributed by atoms with Gasteiger partial charge in [-0.05, 0) is 34.6 Å². The molecule has 13 heteroatoms. The van der Waals surface area contributed by atoms with E-state index in [0.717, 1.165) is 5.57 Å². The monoisotopic (exact) mass is 602 g/mol. The lowest BCUT2D eigenvalue weighted by molar-refractivity contribution is -0.223. The van der Waals surface area contributed by atoms with E-state index < -0.39 is 111 Å². The molecular formula is C30H34O13. The van der Waals surface area contributed by atoms with Gasteiger partial charge in [0.05, 0.1) is 39.5 Å². The Kier molecular flexibility index (Phi) is 4.24. The van der Waals surface area contributed by atoms with Gasteiger partial charge in [-0.25, -0.2) is 9.59 Å². The van der Waals surface area contributed by atoms with E-state index in [1.54, 1.807) is 27.7 Å². The molecule has 6 aliphatic heterocycles. The van der Waals surface area contributed by atoms with Crippen molar-refractivity contribution < 1.29 is 62.9 Å². The first-order valence-electron chi connectivity index (χ1n) is 14.9. The number of epoxide rings is 2. The summed E-state index contributed by atoms with van der Waals surface area (Å²) < 4.78 is 33.2. The van der Waals surface area contributed by atoms with Crippen LogP contribution in [0.5, 0.6) is 0 Å². The molecule has 0 aromatic rings. The van der Waals surface area contributed by atoms with Crippen molar-refractivity contribution in [1.82, 2.24) is 0 Å². The SMILES string of the molecule is C=C(C)C1[C@H]2OC(=O)[C@@H]1[C@]1(O)C[C@H]3O[C@]34C(=O)O[C@H]2[C@]14C.CC(C)(O)[C@@H]1[C@H]2OC(=O)[C@@H]1[C@]1(O)C[C@H]3O[C@]34C(=O)O[C@H]2[C@]14C. The summed E-state index contributed by atoms with van der Waals surface area (Å²) in [6.07, 6.45) is -3.12. The standard InChI is InChI=1S/C15H18O7.C15H16O6/c1-12(2,18)6-7-10(16)20-8(6)9-13(3)14(7,19)4-5-15(13,22-5)11(17)21-9;1-5(2)7-8-11(16)19-9(7)10-13(3)14(8,18)4-6-15(13,21-6)12(17)20-10/h5-9,18-19H,4H2,1-3H3;6-10,18H,1,4H2,2-3H3/t5-,6+,7-,8-,9-,13-,14-,15+;6-,7?,8-,9-,10-,13-,14-,15+/m11/s1. The largest absolute Gasteiger partial charge is 0.458 e. The Hall–Kier alpha value is -2.58. The molecular weight excluding hydrogens is 568 g/mol. The number of rotatable bonds is 2. The molecule has 13 nitrogen and oxygen atoms in total. The van der Waals surface area contributed by atoms with E-state index in [1.165, 1.54) is 0 Å². The summed E-state index contributed by atoms with van der Waals surface area (Å²) in [6.45, 7) is 12.5. The second-order valence-corrected chi connectivity index (χ2v) is 15.3. The highest BCUT2D eigenvalue weighted by Gasteiger charge is 2.97. The van der Waals surface area contributed by atoms with Gasteiger partial charge in [-0.2, -0.15) is 0 Å². The molecule has 10 fully saturated rings. The molecule has 43 heavy (non-hydrogen) atoms. The van der Waals surface area contributed by atoms with Crippen molar-refractivity contribution in [2.75, 3.05) is 0 Å². The molecule has 4 bridgehead atoms. The summed E-state index contributed by atoms with van der Waals surface area (Å²) in [5.41, 5.74) is -7.49. The van der Waals surface area contributed by atoms with Crippen LogP contribution < -0.4 is 0 Å². The second kappa shape index (κ2) is 6.81. The molecule has 232 valence electrons. The minimum Gasteiger partial charge on any atom is -0.458 e. The highest BCUT2D eigenvalue weighted by atomic mass is 16.7. The van der Waals surface area contributed by atoms with E-state index in [9.17, 15) is 34.5 Å². The Balaban J connectivity index is 0.000000121. The molecule has 16 atom stereocenters. The zero-order valence-electron chi connectivity index (χ0n) is 24.3. The van der Waals surface area contributed by atoms with Gasteiger partial charge < -0.3 is 43.7 Å². The number of fused-ring (bicyclic) bond motifs is 8. The smallest absolute Gasteiger partial charge is 0.342 e. The summed E-state index contributed by atoms with van der Waals surface area (Å²) in [6, 6.07) is 0. The number of carbonyl (C=O) groups is 4. The van der Waals surface area contributed by atoms with Gasteiger partial charge in [0, 0.05) is 24.7 Å². The Morgan fingerprint density at radius 2 is 1.23 bits per heavy atom. The average molecular weight is 603 g/mol. The van der Waals surface area contributed by atoms with Crippen molar-refractivity contribution in [2.24, 2.45) is 34.5 Å². The summed E-state index contributed by atoms with van der Waals surface area (Å²) in [4.78, 5) is 49.4. The maximum Gasteiger partial charge on any atom is 0.342 e. The predicted octanol–water partition coefficient (Wildman–Crippen LogP) is -0.929. The summed E-state index contributed by atoms with van der Waals surface area (Å²) >= 11 is 0. The lowest BCUT2D eigenvalue weighted by Gasteiger charge is -2.53. The third-order valence-corrected chi connectivity index (χ3v) is 13.4. The molecule has 4 aliphatic carbocycles. The molecule has 10 rings (SSSR count). The fraction of sp³-hybridized carbons (Fsp3) is 0.800. The molecule has 0 aromatic heterocycles. The minimum absolute atomic E-state index is 0.189. The summed E-state index contributed by atoms with van der Waals surface area (Å²) in [7, 11) is 0. The first kappa shape index (κ1) is 26.8. The van der Waals surface area contributed by atoms with Crippen LogP contribution in [-0.2, 0) is 47.6 Å². The maximum atomic E-state index is 12.4. The number of hydrogen-bond donors (Lipinski definition) is 3. The van der Waals surface area contributed by atoms with E-state index >= 15 is 0 Å². The van der Waals surface area contributed by atoms with Crippen molar-refractivity contribution in [3.8, 4) is 0 Å². The van der Waals surface area contributed by atoms with Crippen LogP contribution in [-0.4, -0.2) is 104 Å². The number of ether oxygens (including phenoxy) is 6. The quantitative estimate of drug-likeness (QED) is 0.152. The molecule has 6 saturated heterocycles. The van der Waals surface area contributed by atoms with Gasteiger partial charge in [0.2, 0.25) is 11.2 Å². The van der Waals surface area contributed by atoms with Crippen LogP contribution in [0.4, 0.5) is 0 Å². The van der Waals surface area contributed by atoms with Gasteiger partial charge in [-0.3, -0.25) is 9.59 Å². The fourth-order valence-corrected chi connectivity index (χ4v) is 11.4. The summed E-state index contributed by atoms with van der Waals surface area (Å²) in [5.74, 6) is -4.37. The van der Waals surface area contributed by atoms with E-state index in [-0.39, 0.29) is 24.9 Å². The van der Waals surface area contributed by atoms with Crippen LogP contribution in [0.15, 0.2) is 12.2 Å². The predicted molar refractivity (Wildman–Crippen MR) is 135 cm³/mol. The molecule has 0 radical (unpaired) electrons. The van der Waals surface area contributed by atoms with E-state index in [0.29, 0.717) is 0 Å². The van der Waals surface area contributed by atoms with Crippen molar-refractivity contribution in [3.63, 3.8) is 0 Å². The van der Waals surface area contributed by atoms with Gasteiger partial charge in [0.15, 0.2) is 12.2 Å². The van der Waals surface area contributed by atoms with E-state index in [2.05, 4.69) is 6.58 Å². The zero-order valence-corrected chi connectivity index (χ0v) is 24.3. The van der Waals surface area contributed by atoms with Crippen molar-refractivity contribution in [2.45, 2.75) is 112 Å². The van der Waals surface area contributed by atoms with Crippen LogP contribution in [0.25, 0.3) is 0 Å². The first-order valence-corrected chi connectivity index (χ1v) is 14.9. The van der Waals surface area contributed by atoms with Crippen molar-refractivity contribution >= 4 is 23.9 Å². The van der Waals surface area contributed by atoms with E-state index in [4.69, 9.17) is 28.4 Å². The first-order chi connectivity index (χ1) is 19.9. The minimum atomic E-state index is -1.47. The Labute approximate surface area is 245 Å². The number of carbonyl (C=O) groups excluding carboxylic acids is 4. The highest BCUT2D eigenvalue weighted by Crippen LogP contribution is 2.78. The molecule has 2 spiro atoms. The topological polar surface area (TPSA) is 191 Å². The molecule has 0 amide bonds. The molecule has 3 N–H and O–H groups in total. The molecule has 6 heterocycles. The van der Waals surface area contributed by atoms with Crippen LogP contribution in [0.1, 0.15) is 47.5 Å². The number of hydrogen-bond acceptors (Lipinski definition) is 13. The van der Waals surface area contributed by atoms with Crippen molar-refractivity contribution in [1.29, 1.82) is 0 Å². The molecule has 1 unspecified atom stereocenters. The van der Waals surface area contributed by atoms with Crippen molar-refractivity contribution in [3.05, 3.63) is 12.2 Å². The fourth-order valence-electron chi connectivity index (χ4n) is 11.4.